The van der Waals surface area contributed by atoms with Crippen LogP contribution in [0.1, 0.15) is 36.8 Å². The van der Waals surface area contributed by atoms with Crippen molar-refractivity contribution < 1.29 is 13.2 Å². The fourth-order valence-electron chi connectivity index (χ4n) is 2.72. The van der Waals surface area contributed by atoms with Crippen LogP contribution in [0.2, 0.25) is 0 Å². The standard InChI is InChI=1S/C15H17F3N2/c16-15(17,18)13-7-3-1-6-12(13)10-20-14-8-4-2-5-11(14)9-19/h1,3,6-7,11,14,20H,2,4-5,8,10H2. The maximum Gasteiger partial charge on any atom is 0.416 e. The maximum atomic E-state index is 12.9. The molecule has 2 atom stereocenters. The van der Waals surface area contributed by atoms with Crippen molar-refractivity contribution in [3.8, 4) is 6.07 Å². The highest BCUT2D eigenvalue weighted by atomic mass is 19.4. The van der Waals surface area contributed by atoms with Crippen LogP contribution >= 0.6 is 0 Å². The summed E-state index contributed by atoms with van der Waals surface area (Å²) in [7, 11) is 0. The Bertz CT molecular complexity index is 491. The van der Waals surface area contributed by atoms with Gasteiger partial charge in [0.15, 0.2) is 0 Å². The highest BCUT2D eigenvalue weighted by Crippen LogP contribution is 2.32. The summed E-state index contributed by atoms with van der Waals surface area (Å²) in [6, 6.07) is 7.83. The Morgan fingerprint density at radius 3 is 2.60 bits per heavy atom. The van der Waals surface area contributed by atoms with Crippen LogP contribution in [0.5, 0.6) is 0 Å². The molecule has 108 valence electrons. The lowest BCUT2D eigenvalue weighted by molar-refractivity contribution is -0.138. The summed E-state index contributed by atoms with van der Waals surface area (Å²) in [6.45, 7) is 0.151. The lowest BCUT2D eigenvalue weighted by Crippen LogP contribution is -2.37. The molecule has 1 saturated carbocycles. The third kappa shape index (κ3) is 3.51. The van der Waals surface area contributed by atoms with Gasteiger partial charge in [0.25, 0.3) is 0 Å². The van der Waals surface area contributed by atoms with E-state index < -0.39 is 11.7 Å². The molecule has 1 fully saturated rings. The Labute approximate surface area is 116 Å². The predicted molar refractivity (Wildman–Crippen MR) is 69.6 cm³/mol. The van der Waals surface area contributed by atoms with E-state index in [2.05, 4.69) is 11.4 Å². The van der Waals surface area contributed by atoms with E-state index in [1.807, 2.05) is 0 Å². The zero-order valence-corrected chi connectivity index (χ0v) is 11.1. The third-order valence-corrected chi connectivity index (χ3v) is 3.81. The van der Waals surface area contributed by atoms with Crippen molar-refractivity contribution in [3.05, 3.63) is 35.4 Å². The molecular weight excluding hydrogens is 265 g/mol. The Morgan fingerprint density at radius 2 is 1.90 bits per heavy atom. The number of hydrogen-bond donors (Lipinski definition) is 1. The van der Waals surface area contributed by atoms with Gasteiger partial charge in [-0.3, -0.25) is 0 Å². The first-order valence-corrected chi connectivity index (χ1v) is 6.80. The van der Waals surface area contributed by atoms with Crippen molar-refractivity contribution in [3.63, 3.8) is 0 Å². The van der Waals surface area contributed by atoms with Gasteiger partial charge in [0.05, 0.1) is 17.6 Å². The molecule has 0 aromatic heterocycles. The van der Waals surface area contributed by atoms with E-state index >= 15 is 0 Å². The zero-order chi connectivity index (χ0) is 14.6. The molecule has 1 aliphatic carbocycles. The predicted octanol–water partition coefficient (Wildman–Crippen LogP) is 3.88. The SMILES string of the molecule is N#CC1CCCCC1NCc1ccccc1C(F)(F)F. The minimum Gasteiger partial charge on any atom is -0.309 e. The topological polar surface area (TPSA) is 35.8 Å². The average Bonchev–Trinajstić information content (AvgIpc) is 2.44. The van der Waals surface area contributed by atoms with E-state index in [9.17, 15) is 13.2 Å². The van der Waals surface area contributed by atoms with Crippen LogP contribution in [0.4, 0.5) is 13.2 Å². The van der Waals surface area contributed by atoms with Crippen LogP contribution in [-0.2, 0) is 12.7 Å². The second-order valence-corrected chi connectivity index (χ2v) is 5.16. The minimum absolute atomic E-state index is 0.00459. The summed E-state index contributed by atoms with van der Waals surface area (Å²) in [6.07, 6.45) is -0.604. The van der Waals surface area contributed by atoms with Crippen molar-refractivity contribution in [1.82, 2.24) is 5.32 Å². The number of nitrogens with zero attached hydrogens (tertiary/aromatic N) is 1. The van der Waals surface area contributed by atoms with Gasteiger partial charge in [-0.2, -0.15) is 18.4 Å². The number of alkyl halides is 3. The molecule has 5 heteroatoms. The summed E-state index contributed by atoms with van der Waals surface area (Å²) in [5, 5.41) is 12.2. The number of nitrogens with one attached hydrogen (secondary N) is 1. The maximum absolute atomic E-state index is 12.9. The van der Waals surface area contributed by atoms with Crippen LogP contribution in [0, 0.1) is 17.2 Å². The van der Waals surface area contributed by atoms with Crippen molar-refractivity contribution in [2.24, 2.45) is 5.92 Å². The van der Waals surface area contributed by atoms with E-state index in [4.69, 9.17) is 5.26 Å². The van der Waals surface area contributed by atoms with Crippen LogP contribution in [0.3, 0.4) is 0 Å². The highest BCUT2D eigenvalue weighted by molar-refractivity contribution is 5.29. The quantitative estimate of drug-likeness (QED) is 0.913. The smallest absolute Gasteiger partial charge is 0.309 e. The van der Waals surface area contributed by atoms with E-state index in [0.717, 1.165) is 31.7 Å². The van der Waals surface area contributed by atoms with Gasteiger partial charge in [0, 0.05) is 12.6 Å². The van der Waals surface area contributed by atoms with Gasteiger partial charge in [-0.05, 0) is 24.5 Å². The number of hydrogen-bond acceptors (Lipinski definition) is 2. The highest BCUT2D eigenvalue weighted by Gasteiger charge is 2.33. The van der Waals surface area contributed by atoms with Crippen LogP contribution < -0.4 is 5.32 Å². The summed E-state index contributed by atoms with van der Waals surface area (Å²) in [5.41, 5.74) is -0.362. The lowest BCUT2D eigenvalue weighted by atomic mass is 9.85. The molecule has 1 aromatic carbocycles. The molecular formula is C15H17F3N2. The summed E-state index contributed by atoms with van der Waals surface area (Å²) in [4.78, 5) is 0. The van der Waals surface area contributed by atoms with Gasteiger partial charge < -0.3 is 5.32 Å². The molecule has 0 amide bonds. The average molecular weight is 282 g/mol. The van der Waals surface area contributed by atoms with Crippen molar-refractivity contribution in [2.45, 2.75) is 44.4 Å². The molecule has 2 rings (SSSR count). The summed E-state index contributed by atoms with van der Waals surface area (Å²) in [5.74, 6) is -0.0956. The van der Waals surface area contributed by atoms with E-state index in [0.29, 0.717) is 0 Å². The second-order valence-electron chi connectivity index (χ2n) is 5.16. The Balaban J connectivity index is 2.06. The molecule has 0 bridgehead atoms. The zero-order valence-electron chi connectivity index (χ0n) is 11.1. The monoisotopic (exact) mass is 282 g/mol. The van der Waals surface area contributed by atoms with Crippen molar-refractivity contribution in [1.29, 1.82) is 5.26 Å². The minimum atomic E-state index is -4.33. The lowest BCUT2D eigenvalue weighted by Gasteiger charge is -2.28. The van der Waals surface area contributed by atoms with E-state index in [-0.39, 0.29) is 24.1 Å². The molecule has 1 aliphatic rings. The molecule has 0 aliphatic heterocycles. The van der Waals surface area contributed by atoms with Crippen LogP contribution in [0.25, 0.3) is 0 Å². The van der Waals surface area contributed by atoms with Crippen molar-refractivity contribution in [2.75, 3.05) is 0 Å². The fourth-order valence-corrected chi connectivity index (χ4v) is 2.72. The first-order chi connectivity index (χ1) is 9.52. The molecule has 0 spiro atoms. The number of nitriles is 1. The fraction of sp³-hybridized carbons (Fsp3) is 0.533. The molecule has 2 nitrogen and oxygen atoms in total. The molecule has 2 unspecified atom stereocenters. The Hall–Kier alpha value is -1.54. The normalized spacial score (nSPS) is 23.3. The largest absolute Gasteiger partial charge is 0.416 e. The van der Waals surface area contributed by atoms with E-state index in [1.54, 1.807) is 6.07 Å². The first kappa shape index (κ1) is 14.9. The van der Waals surface area contributed by atoms with Gasteiger partial charge in [0.2, 0.25) is 0 Å². The van der Waals surface area contributed by atoms with Crippen LogP contribution in [-0.4, -0.2) is 6.04 Å². The number of benzene rings is 1. The molecule has 0 saturated heterocycles. The number of halogens is 3. The van der Waals surface area contributed by atoms with Crippen LogP contribution in [0.15, 0.2) is 24.3 Å². The van der Waals surface area contributed by atoms with E-state index in [1.165, 1.54) is 12.1 Å². The van der Waals surface area contributed by atoms with Gasteiger partial charge in [-0.25, -0.2) is 0 Å². The van der Waals surface area contributed by atoms with Gasteiger partial charge in [0.1, 0.15) is 0 Å². The molecule has 1 N–H and O–H groups in total. The summed E-state index contributed by atoms with van der Waals surface area (Å²) >= 11 is 0. The Morgan fingerprint density at radius 1 is 1.20 bits per heavy atom. The molecule has 1 aromatic rings. The second kappa shape index (κ2) is 6.27. The Kier molecular flexibility index (Phi) is 4.66. The molecule has 0 radical (unpaired) electrons. The first-order valence-electron chi connectivity index (χ1n) is 6.80. The summed E-state index contributed by atoms with van der Waals surface area (Å²) < 4.78 is 38.6. The van der Waals surface area contributed by atoms with Crippen molar-refractivity contribution >= 4 is 0 Å². The number of rotatable bonds is 3. The third-order valence-electron chi connectivity index (χ3n) is 3.81. The van der Waals surface area contributed by atoms with Gasteiger partial charge in [-0.1, -0.05) is 31.0 Å². The van der Waals surface area contributed by atoms with Gasteiger partial charge in [-0.15, -0.1) is 0 Å². The molecule has 0 heterocycles. The molecule has 20 heavy (non-hydrogen) atoms. The van der Waals surface area contributed by atoms with Gasteiger partial charge >= 0.3 is 6.18 Å².